The Morgan fingerprint density at radius 3 is 2.50 bits per heavy atom. The second-order valence-electron chi connectivity index (χ2n) is 3.14. The molecule has 0 fully saturated rings. The molecule has 1 N–H and O–H groups in total. The highest BCUT2D eigenvalue weighted by Crippen LogP contribution is 1.96. The quantitative estimate of drug-likeness (QED) is 0.413. The summed E-state index contributed by atoms with van der Waals surface area (Å²) in [5, 5.41) is 2.49. The van der Waals surface area contributed by atoms with Gasteiger partial charge in [-0.1, -0.05) is 13.5 Å². The molecule has 0 aromatic heterocycles. The molecule has 0 radical (unpaired) electrons. The molecule has 0 aromatic rings. The number of carbonyl (C=O) groups excluding carboxylic acids is 2. The third kappa shape index (κ3) is 5.35. The molecule has 0 spiro atoms. The number of carbonyl (C=O) groups is 2. The van der Waals surface area contributed by atoms with Crippen LogP contribution in [0.15, 0.2) is 12.2 Å². The Morgan fingerprint density at radius 2 is 2.07 bits per heavy atom. The average Bonchev–Trinajstić information content (AvgIpc) is 2.03. The maximum atomic E-state index is 11.1. The van der Waals surface area contributed by atoms with Crippen molar-refractivity contribution in [3.8, 4) is 0 Å². The summed E-state index contributed by atoms with van der Waals surface area (Å²) in [4.78, 5) is 22.1. The summed E-state index contributed by atoms with van der Waals surface area (Å²) >= 11 is 0. The molecule has 0 saturated carbocycles. The van der Waals surface area contributed by atoms with Crippen LogP contribution in [0.25, 0.3) is 0 Å². The Hall–Kier alpha value is -1.32. The Bertz CT molecular complexity index is 236. The van der Waals surface area contributed by atoms with Gasteiger partial charge in [0.15, 0.2) is 6.23 Å². The number of hydrogen-bond donors (Lipinski definition) is 1. The fourth-order valence-electron chi connectivity index (χ4n) is 0.797. The van der Waals surface area contributed by atoms with Crippen LogP contribution < -0.4 is 5.32 Å². The van der Waals surface area contributed by atoms with Crippen LogP contribution in [0, 0.1) is 0 Å². The van der Waals surface area contributed by atoms with Gasteiger partial charge in [0.1, 0.15) is 0 Å². The molecule has 14 heavy (non-hydrogen) atoms. The van der Waals surface area contributed by atoms with Crippen LogP contribution in [-0.4, -0.2) is 18.1 Å². The van der Waals surface area contributed by atoms with Gasteiger partial charge in [-0.2, -0.15) is 0 Å². The molecule has 1 atom stereocenters. The van der Waals surface area contributed by atoms with Gasteiger partial charge in [0, 0.05) is 12.0 Å². The van der Waals surface area contributed by atoms with Crippen LogP contribution >= 0.6 is 0 Å². The van der Waals surface area contributed by atoms with Gasteiger partial charge in [0.25, 0.3) is 0 Å². The molecule has 80 valence electrons. The molecule has 4 nitrogen and oxygen atoms in total. The first-order valence-corrected chi connectivity index (χ1v) is 4.63. The van der Waals surface area contributed by atoms with E-state index in [1.807, 2.05) is 6.92 Å². The van der Waals surface area contributed by atoms with Gasteiger partial charge >= 0.3 is 5.97 Å². The van der Waals surface area contributed by atoms with Gasteiger partial charge in [-0.05, 0) is 20.3 Å². The minimum atomic E-state index is -0.599. The molecule has 0 heterocycles. The first kappa shape index (κ1) is 12.7. The standard InChI is InChI=1S/C10H17NO3/c1-5-6-9(12)14-8(4)11-10(13)7(2)3/h8H,2,5-6H2,1,3-4H3,(H,11,13). The molecule has 0 bridgehead atoms. The van der Waals surface area contributed by atoms with Gasteiger partial charge in [-0.25, -0.2) is 0 Å². The van der Waals surface area contributed by atoms with Crippen molar-refractivity contribution in [1.29, 1.82) is 0 Å². The summed E-state index contributed by atoms with van der Waals surface area (Å²) in [6, 6.07) is 0. The summed E-state index contributed by atoms with van der Waals surface area (Å²) < 4.78 is 4.90. The largest absolute Gasteiger partial charge is 0.442 e. The van der Waals surface area contributed by atoms with Crippen molar-refractivity contribution in [2.45, 2.75) is 39.8 Å². The van der Waals surface area contributed by atoms with Gasteiger partial charge in [0.05, 0.1) is 0 Å². The van der Waals surface area contributed by atoms with E-state index in [-0.39, 0.29) is 11.9 Å². The van der Waals surface area contributed by atoms with Gasteiger partial charge in [-0.3, -0.25) is 9.59 Å². The minimum Gasteiger partial charge on any atom is -0.442 e. The van der Waals surface area contributed by atoms with Gasteiger partial charge in [-0.15, -0.1) is 0 Å². The van der Waals surface area contributed by atoms with Crippen LogP contribution in [0.5, 0.6) is 0 Å². The van der Waals surface area contributed by atoms with Crippen molar-refractivity contribution in [2.75, 3.05) is 0 Å². The van der Waals surface area contributed by atoms with Crippen LogP contribution in [-0.2, 0) is 14.3 Å². The van der Waals surface area contributed by atoms with Gasteiger partial charge in [0.2, 0.25) is 5.91 Å². The molecule has 0 aromatic carbocycles. The van der Waals surface area contributed by atoms with Crippen LogP contribution in [0.3, 0.4) is 0 Å². The predicted octanol–water partition coefficient (Wildman–Crippen LogP) is 1.37. The van der Waals surface area contributed by atoms with Crippen molar-refractivity contribution >= 4 is 11.9 Å². The number of amides is 1. The third-order valence-electron chi connectivity index (χ3n) is 1.48. The highest BCUT2D eigenvalue weighted by molar-refractivity contribution is 5.92. The van der Waals surface area contributed by atoms with E-state index in [2.05, 4.69) is 11.9 Å². The van der Waals surface area contributed by atoms with E-state index in [9.17, 15) is 9.59 Å². The van der Waals surface area contributed by atoms with Gasteiger partial charge < -0.3 is 10.1 Å². The number of esters is 1. The smallest absolute Gasteiger partial charge is 0.307 e. The predicted molar refractivity (Wildman–Crippen MR) is 53.4 cm³/mol. The maximum Gasteiger partial charge on any atom is 0.307 e. The fourth-order valence-corrected chi connectivity index (χ4v) is 0.797. The van der Waals surface area contributed by atoms with E-state index >= 15 is 0 Å². The van der Waals surface area contributed by atoms with Crippen molar-refractivity contribution in [2.24, 2.45) is 0 Å². The average molecular weight is 199 g/mol. The molecule has 0 saturated heterocycles. The lowest BCUT2D eigenvalue weighted by atomic mass is 10.3. The Balaban J connectivity index is 3.86. The third-order valence-corrected chi connectivity index (χ3v) is 1.48. The zero-order valence-electron chi connectivity index (χ0n) is 8.92. The molecule has 4 heteroatoms. The molecule has 1 unspecified atom stereocenters. The van der Waals surface area contributed by atoms with Crippen molar-refractivity contribution in [3.63, 3.8) is 0 Å². The number of rotatable bonds is 5. The molecule has 0 aliphatic rings. The van der Waals surface area contributed by atoms with Crippen LogP contribution in [0.2, 0.25) is 0 Å². The zero-order valence-corrected chi connectivity index (χ0v) is 8.92. The van der Waals surface area contributed by atoms with E-state index in [0.717, 1.165) is 6.42 Å². The second-order valence-corrected chi connectivity index (χ2v) is 3.14. The van der Waals surface area contributed by atoms with E-state index in [1.54, 1.807) is 13.8 Å². The molecule has 0 aliphatic heterocycles. The lowest BCUT2D eigenvalue weighted by Gasteiger charge is -2.14. The summed E-state index contributed by atoms with van der Waals surface area (Å²) in [7, 11) is 0. The number of ether oxygens (including phenoxy) is 1. The number of nitrogens with one attached hydrogen (secondary N) is 1. The lowest BCUT2D eigenvalue weighted by molar-refractivity contribution is -0.150. The molecule has 0 rings (SSSR count). The normalized spacial score (nSPS) is 11.6. The summed E-state index contributed by atoms with van der Waals surface area (Å²) in [6.45, 7) is 8.56. The van der Waals surface area contributed by atoms with E-state index in [4.69, 9.17) is 4.74 Å². The van der Waals surface area contributed by atoms with Crippen LogP contribution in [0.1, 0.15) is 33.6 Å². The highest BCUT2D eigenvalue weighted by Gasteiger charge is 2.11. The Labute approximate surface area is 84.3 Å². The highest BCUT2D eigenvalue weighted by atomic mass is 16.6. The summed E-state index contributed by atoms with van der Waals surface area (Å²) in [5.41, 5.74) is 0.392. The Morgan fingerprint density at radius 1 is 1.50 bits per heavy atom. The number of hydrogen-bond acceptors (Lipinski definition) is 3. The monoisotopic (exact) mass is 199 g/mol. The maximum absolute atomic E-state index is 11.1. The van der Waals surface area contributed by atoms with Crippen molar-refractivity contribution in [3.05, 3.63) is 12.2 Å². The summed E-state index contributed by atoms with van der Waals surface area (Å²) in [6.07, 6.45) is 0.506. The van der Waals surface area contributed by atoms with Crippen molar-refractivity contribution < 1.29 is 14.3 Å². The minimum absolute atomic E-state index is 0.304. The molecule has 1 amide bonds. The van der Waals surface area contributed by atoms with Crippen molar-refractivity contribution in [1.82, 2.24) is 5.32 Å². The summed E-state index contributed by atoms with van der Waals surface area (Å²) in [5.74, 6) is -0.608. The second kappa shape index (κ2) is 6.18. The molecule has 0 aliphatic carbocycles. The lowest BCUT2D eigenvalue weighted by Crippen LogP contribution is -2.36. The van der Waals surface area contributed by atoms with E-state index < -0.39 is 6.23 Å². The zero-order chi connectivity index (χ0) is 11.1. The Kier molecular flexibility index (Phi) is 5.60. The van der Waals surface area contributed by atoms with E-state index in [0.29, 0.717) is 12.0 Å². The topological polar surface area (TPSA) is 55.4 Å². The molecular formula is C10H17NO3. The van der Waals surface area contributed by atoms with Crippen LogP contribution in [0.4, 0.5) is 0 Å². The first-order valence-electron chi connectivity index (χ1n) is 4.63. The fraction of sp³-hybridized carbons (Fsp3) is 0.600. The van der Waals surface area contributed by atoms with E-state index in [1.165, 1.54) is 0 Å². The molecular weight excluding hydrogens is 182 g/mol. The SMILES string of the molecule is C=C(C)C(=O)NC(C)OC(=O)CCC. The first-order chi connectivity index (χ1) is 6.47.